The molecule has 76 valence electrons. The summed E-state index contributed by atoms with van der Waals surface area (Å²) in [4.78, 5) is 11.7. The van der Waals surface area contributed by atoms with E-state index in [2.05, 4.69) is 0 Å². The molecule has 0 aromatic rings. The molecule has 2 heteroatoms. The smallest absolute Gasteiger partial charge is 0.312 e. The van der Waals surface area contributed by atoms with Gasteiger partial charge in [-0.1, -0.05) is 19.3 Å². The van der Waals surface area contributed by atoms with Gasteiger partial charge in [0.2, 0.25) is 0 Å². The Morgan fingerprint density at radius 2 is 1.77 bits per heavy atom. The molecule has 0 radical (unpaired) electrons. The van der Waals surface area contributed by atoms with Gasteiger partial charge in [-0.2, -0.15) is 0 Å². The average Bonchev–Trinajstić information content (AvgIpc) is 2.04. The lowest BCUT2D eigenvalue weighted by atomic mass is 9.76. The lowest BCUT2D eigenvalue weighted by Crippen LogP contribution is -2.33. The highest BCUT2D eigenvalue weighted by atomic mass is 16.5. The first kappa shape index (κ1) is 10.6. The van der Waals surface area contributed by atoms with Gasteiger partial charge in [0.05, 0.1) is 11.5 Å². The van der Waals surface area contributed by atoms with E-state index in [9.17, 15) is 4.79 Å². The summed E-state index contributed by atoms with van der Waals surface area (Å²) in [5.74, 6) is 0.00204. The maximum absolute atomic E-state index is 11.7. The van der Waals surface area contributed by atoms with E-state index in [-0.39, 0.29) is 17.5 Å². The average molecular weight is 184 g/mol. The van der Waals surface area contributed by atoms with E-state index in [0.29, 0.717) is 0 Å². The van der Waals surface area contributed by atoms with Crippen LogP contribution in [-0.2, 0) is 9.53 Å². The zero-order valence-electron chi connectivity index (χ0n) is 8.93. The molecule has 0 amide bonds. The van der Waals surface area contributed by atoms with Gasteiger partial charge in [-0.05, 0) is 33.6 Å². The fourth-order valence-corrected chi connectivity index (χ4v) is 1.89. The minimum Gasteiger partial charge on any atom is -0.463 e. The first-order chi connectivity index (χ1) is 6.04. The van der Waals surface area contributed by atoms with Gasteiger partial charge in [-0.25, -0.2) is 0 Å². The van der Waals surface area contributed by atoms with Gasteiger partial charge >= 0.3 is 5.97 Å². The van der Waals surface area contributed by atoms with E-state index in [1.807, 2.05) is 20.8 Å². The standard InChI is InChI=1S/C11H20O2/c1-9(2)13-10(12)11(3)7-5-4-6-8-11/h9H,4-8H2,1-3H3. The molecule has 0 N–H and O–H groups in total. The minimum atomic E-state index is -0.192. The zero-order chi connectivity index (χ0) is 9.90. The van der Waals surface area contributed by atoms with E-state index < -0.39 is 0 Å². The molecule has 0 aliphatic heterocycles. The van der Waals surface area contributed by atoms with Crippen LogP contribution < -0.4 is 0 Å². The van der Waals surface area contributed by atoms with Gasteiger partial charge in [0.15, 0.2) is 0 Å². The Balaban J connectivity index is 2.51. The number of carbonyl (C=O) groups is 1. The van der Waals surface area contributed by atoms with Crippen LogP contribution in [0.1, 0.15) is 52.9 Å². The Morgan fingerprint density at radius 3 is 2.23 bits per heavy atom. The normalized spacial score (nSPS) is 21.5. The van der Waals surface area contributed by atoms with Crippen LogP contribution in [0.15, 0.2) is 0 Å². The van der Waals surface area contributed by atoms with Crippen LogP contribution >= 0.6 is 0 Å². The number of esters is 1. The maximum Gasteiger partial charge on any atom is 0.312 e. The van der Waals surface area contributed by atoms with Crippen molar-refractivity contribution in [3.8, 4) is 0 Å². The number of carbonyl (C=O) groups excluding carboxylic acids is 1. The van der Waals surface area contributed by atoms with E-state index in [1.165, 1.54) is 19.3 Å². The SMILES string of the molecule is CC(C)OC(=O)C1(C)CCCCC1. The van der Waals surface area contributed by atoms with E-state index in [1.54, 1.807) is 0 Å². The molecule has 0 heterocycles. The van der Waals surface area contributed by atoms with Crippen molar-refractivity contribution < 1.29 is 9.53 Å². The number of ether oxygens (including phenoxy) is 1. The topological polar surface area (TPSA) is 26.3 Å². The quantitative estimate of drug-likeness (QED) is 0.617. The molecule has 13 heavy (non-hydrogen) atoms. The summed E-state index contributed by atoms with van der Waals surface area (Å²) in [6.45, 7) is 5.85. The third kappa shape index (κ3) is 2.71. The second-order valence-corrected chi connectivity index (χ2v) is 4.58. The summed E-state index contributed by atoms with van der Waals surface area (Å²) in [5.41, 5.74) is -0.192. The van der Waals surface area contributed by atoms with Gasteiger partial charge in [0.25, 0.3) is 0 Å². The van der Waals surface area contributed by atoms with Gasteiger partial charge in [0.1, 0.15) is 0 Å². The molecule has 1 rings (SSSR count). The van der Waals surface area contributed by atoms with Crippen molar-refractivity contribution in [3.05, 3.63) is 0 Å². The molecule has 1 saturated carbocycles. The largest absolute Gasteiger partial charge is 0.463 e. The Morgan fingerprint density at radius 1 is 1.23 bits per heavy atom. The lowest BCUT2D eigenvalue weighted by Gasteiger charge is -2.31. The number of rotatable bonds is 2. The van der Waals surface area contributed by atoms with Crippen molar-refractivity contribution in [2.75, 3.05) is 0 Å². The first-order valence-corrected chi connectivity index (χ1v) is 5.26. The number of hydrogen-bond donors (Lipinski definition) is 0. The molecular weight excluding hydrogens is 164 g/mol. The third-order valence-corrected chi connectivity index (χ3v) is 2.79. The van der Waals surface area contributed by atoms with Crippen molar-refractivity contribution in [3.63, 3.8) is 0 Å². The second kappa shape index (κ2) is 4.12. The highest BCUT2D eigenvalue weighted by Gasteiger charge is 2.36. The lowest BCUT2D eigenvalue weighted by molar-refractivity contribution is -0.160. The minimum absolute atomic E-state index is 0.00204. The van der Waals surface area contributed by atoms with Crippen LogP contribution in [0.4, 0.5) is 0 Å². The molecular formula is C11H20O2. The van der Waals surface area contributed by atoms with Gasteiger partial charge in [-0.3, -0.25) is 4.79 Å². The monoisotopic (exact) mass is 184 g/mol. The van der Waals surface area contributed by atoms with Crippen LogP contribution in [0.2, 0.25) is 0 Å². The van der Waals surface area contributed by atoms with Crippen molar-refractivity contribution in [1.29, 1.82) is 0 Å². The number of hydrogen-bond acceptors (Lipinski definition) is 2. The Bertz CT molecular complexity index is 179. The molecule has 2 nitrogen and oxygen atoms in total. The molecule has 0 saturated heterocycles. The molecule has 0 atom stereocenters. The molecule has 1 aliphatic rings. The summed E-state index contributed by atoms with van der Waals surface area (Å²) in [6.07, 6.45) is 5.63. The highest BCUT2D eigenvalue weighted by Crippen LogP contribution is 2.36. The van der Waals surface area contributed by atoms with Crippen LogP contribution in [0, 0.1) is 5.41 Å². The summed E-state index contributed by atoms with van der Waals surface area (Å²) in [6, 6.07) is 0. The van der Waals surface area contributed by atoms with E-state index in [0.717, 1.165) is 12.8 Å². The highest BCUT2D eigenvalue weighted by molar-refractivity contribution is 5.76. The van der Waals surface area contributed by atoms with E-state index in [4.69, 9.17) is 4.74 Å². The van der Waals surface area contributed by atoms with Gasteiger partial charge < -0.3 is 4.74 Å². The van der Waals surface area contributed by atoms with Crippen molar-refractivity contribution in [2.45, 2.75) is 59.0 Å². The van der Waals surface area contributed by atoms with Crippen LogP contribution in [0.25, 0.3) is 0 Å². The van der Waals surface area contributed by atoms with Gasteiger partial charge in [-0.15, -0.1) is 0 Å². The van der Waals surface area contributed by atoms with Gasteiger partial charge in [0, 0.05) is 0 Å². The fourth-order valence-electron chi connectivity index (χ4n) is 1.89. The van der Waals surface area contributed by atoms with Crippen LogP contribution in [0.3, 0.4) is 0 Å². The summed E-state index contributed by atoms with van der Waals surface area (Å²) < 4.78 is 5.25. The molecule has 0 aromatic carbocycles. The molecule has 1 aliphatic carbocycles. The molecule has 0 unspecified atom stereocenters. The summed E-state index contributed by atoms with van der Waals surface area (Å²) in [7, 11) is 0. The summed E-state index contributed by atoms with van der Waals surface area (Å²) in [5, 5.41) is 0. The molecule has 0 aromatic heterocycles. The molecule has 1 fully saturated rings. The Labute approximate surface area is 80.7 Å². The molecule has 0 bridgehead atoms. The van der Waals surface area contributed by atoms with Crippen molar-refractivity contribution in [2.24, 2.45) is 5.41 Å². The first-order valence-electron chi connectivity index (χ1n) is 5.26. The third-order valence-electron chi connectivity index (χ3n) is 2.79. The van der Waals surface area contributed by atoms with Crippen LogP contribution in [-0.4, -0.2) is 12.1 Å². The molecule has 0 spiro atoms. The van der Waals surface area contributed by atoms with Crippen molar-refractivity contribution >= 4 is 5.97 Å². The van der Waals surface area contributed by atoms with Crippen LogP contribution in [0.5, 0.6) is 0 Å². The van der Waals surface area contributed by atoms with Crippen molar-refractivity contribution in [1.82, 2.24) is 0 Å². The van der Waals surface area contributed by atoms with E-state index >= 15 is 0 Å². The second-order valence-electron chi connectivity index (χ2n) is 4.58. The predicted molar refractivity (Wildman–Crippen MR) is 52.4 cm³/mol. The summed E-state index contributed by atoms with van der Waals surface area (Å²) >= 11 is 0. The Hall–Kier alpha value is -0.530. The zero-order valence-corrected chi connectivity index (χ0v) is 8.93. The maximum atomic E-state index is 11.7. The fraction of sp³-hybridized carbons (Fsp3) is 0.909. The predicted octanol–water partition coefficient (Wildman–Crippen LogP) is 2.91. The Kier molecular flexibility index (Phi) is 3.34.